The number of nitrogen functional groups attached to an aromatic ring is 1. The summed E-state index contributed by atoms with van der Waals surface area (Å²) in [6, 6.07) is 5.40. The lowest BCUT2D eigenvalue weighted by Crippen LogP contribution is -2.30. The SMILES string of the molecule is C[N+](C(=O)c1ccc[nH]1)=C1C=CC(S(=O)(=O)O)c2ccc(N)c(S(=O)(=O)O)c21. The van der Waals surface area contributed by atoms with Gasteiger partial charge in [0.2, 0.25) is 5.71 Å². The number of nitrogens with two attached hydrogens (primary N) is 1. The minimum atomic E-state index is -4.89. The summed E-state index contributed by atoms with van der Waals surface area (Å²) >= 11 is 0. The second kappa shape index (κ2) is 6.67. The molecule has 1 aliphatic rings. The van der Waals surface area contributed by atoms with Gasteiger partial charge in [-0.3, -0.25) is 9.11 Å². The van der Waals surface area contributed by atoms with E-state index in [9.17, 15) is 30.7 Å². The van der Waals surface area contributed by atoms with Crippen molar-refractivity contribution in [2.24, 2.45) is 0 Å². The summed E-state index contributed by atoms with van der Waals surface area (Å²) in [5, 5.41) is -1.60. The molecule has 1 heterocycles. The summed E-state index contributed by atoms with van der Waals surface area (Å²) in [6.07, 6.45) is 3.80. The van der Waals surface area contributed by atoms with Gasteiger partial charge >= 0.3 is 5.91 Å². The van der Waals surface area contributed by atoms with Gasteiger partial charge in [0, 0.05) is 12.3 Å². The highest BCUT2D eigenvalue weighted by Crippen LogP contribution is 2.37. The van der Waals surface area contributed by atoms with E-state index in [1.165, 1.54) is 31.5 Å². The quantitative estimate of drug-likeness (QED) is 0.314. The molecule has 1 aromatic heterocycles. The van der Waals surface area contributed by atoms with Crippen LogP contribution in [0.1, 0.15) is 26.9 Å². The Labute approximate surface area is 160 Å². The number of amides is 1. The van der Waals surface area contributed by atoms with Gasteiger partial charge in [-0.2, -0.15) is 21.4 Å². The first-order valence-corrected chi connectivity index (χ1v) is 10.7. The number of aromatic amines is 1. The molecule has 5 N–H and O–H groups in total. The van der Waals surface area contributed by atoms with Crippen LogP contribution in [0.15, 0.2) is 47.5 Å². The first-order chi connectivity index (χ1) is 12.9. The van der Waals surface area contributed by atoms with Gasteiger partial charge in [-0.25, -0.2) is 4.79 Å². The van der Waals surface area contributed by atoms with E-state index in [0.29, 0.717) is 0 Å². The molecule has 0 saturated carbocycles. The topological polar surface area (TPSA) is 171 Å². The molecule has 0 saturated heterocycles. The zero-order valence-electron chi connectivity index (χ0n) is 14.4. The van der Waals surface area contributed by atoms with E-state index in [2.05, 4.69) is 4.98 Å². The maximum atomic E-state index is 12.7. The van der Waals surface area contributed by atoms with Crippen molar-refractivity contribution in [1.29, 1.82) is 0 Å². The Hall–Kier alpha value is -2.80. The number of hydrogen-bond acceptors (Lipinski definition) is 6. The monoisotopic (exact) mass is 426 g/mol. The van der Waals surface area contributed by atoms with Crippen LogP contribution in [0.25, 0.3) is 0 Å². The lowest BCUT2D eigenvalue weighted by atomic mass is 9.93. The smallest absolute Gasteiger partial charge is 0.398 e. The molecule has 1 atom stereocenters. The summed E-state index contributed by atoms with van der Waals surface area (Å²) in [4.78, 5) is 14.6. The average Bonchev–Trinajstić information content (AvgIpc) is 3.11. The van der Waals surface area contributed by atoms with Gasteiger partial charge in [0.15, 0.2) is 5.69 Å². The first kappa shape index (κ1) is 19.9. The number of benzene rings is 1. The van der Waals surface area contributed by atoms with E-state index >= 15 is 0 Å². The number of anilines is 1. The van der Waals surface area contributed by atoms with Crippen LogP contribution in [0.4, 0.5) is 5.69 Å². The van der Waals surface area contributed by atoms with Gasteiger partial charge in [0.1, 0.15) is 17.2 Å². The molecule has 28 heavy (non-hydrogen) atoms. The van der Waals surface area contributed by atoms with Gasteiger partial charge in [0.05, 0.1) is 11.3 Å². The molecule has 1 aliphatic carbocycles. The van der Waals surface area contributed by atoms with Crippen molar-refractivity contribution in [3.63, 3.8) is 0 Å². The van der Waals surface area contributed by atoms with Gasteiger partial charge in [-0.1, -0.05) is 12.1 Å². The Bertz CT molecular complexity index is 1240. The molecule has 0 aliphatic heterocycles. The van der Waals surface area contributed by atoms with E-state index in [1.807, 2.05) is 0 Å². The van der Waals surface area contributed by atoms with Crippen molar-refractivity contribution in [1.82, 2.24) is 4.98 Å². The second-order valence-corrected chi connectivity index (χ2v) is 8.95. The number of nitrogens with zero attached hydrogens (tertiary/aromatic N) is 1. The van der Waals surface area contributed by atoms with Crippen LogP contribution in [-0.4, -0.2) is 54.2 Å². The highest BCUT2D eigenvalue weighted by atomic mass is 32.2. The zero-order valence-corrected chi connectivity index (χ0v) is 16.0. The third kappa shape index (κ3) is 3.38. The number of fused-ring (bicyclic) bond motifs is 1. The fourth-order valence-electron chi connectivity index (χ4n) is 3.05. The van der Waals surface area contributed by atoms with Crippen molar-refractivity contribution in [3.05, 3.63) is 59.4 Å². The van der Waals surface area contributed by atoms with E-state index in [4.69, 9.17) is 5.73 Å². The summed E-state index contributed by atoms with van der Waals surface area (Å²) in [7, 11) is -8.20. The molecule has 1 amide bonds. The van der Waals surface area contributed by atoms with Crippen LogP contribution < -0.4 is 5.73 Å². The van der Waals surface area contributed by atoms with Crippen LogP contribution in [-0.2, 0) is 20.2 Å². The van der Waals surface area contributed by atoms with Gasteiger partial charge in [-0.05, 0) is 23.8 Å². The van der Waals surface area contributed by atoms with Crippen molar-refractivity contribution in [2.75, 3.05) is 12.8 Å². The molecular formula is C16H16N3O7S2+. The van der Waals surface area contributed by atoms with Crippen molar-refractivity contribution < 1.29 is 35.3 Å². The van der Waals surface area contributed by atoms with Crippen molar-refractivity contribution >= 4 is 37.5 Å². The summed E-state index contributed by atoms with van der Waals surface area (Å²) < 4.78 is 67.7. The predicted octanol–water partition coefficient (Wildman–Crippen LogP) is 0.614. The summed E-state index contributed by atoms with van der Waals surface area (Å²) in [6.45, 7) is 0. The molecule has 0 bridgehead atoms. The Morgan fingerprint density at radius 2 is 1.86 bits per heavy atom. The molecule has 2 aromatic rings. The molecule has 0 fully saturated rings. The Balaban J connectivity index is 2.41. The molecule has 1 unspecified atom stereocenters. The maximum Gasteiger partial charge on any atom is 0.435 e. The number of allylic oxidation sites excluding steroid dienone is 1. The highest BCUT2D eigenvalue weighted by molar-refractivity contribution is 7.86. The number of H-pyrrole nitrogens is 1. The molecule has 148 valence electrons. The third-order valence-corrected chi connectivity index (χ3v) is 6.29. The predicted molar refractivity (Wildman–Crippen MR) is 99.5 cm³/mol. The number of carbonyl (C=O) groups excluding carboxylic acids is 1. The van der Waals surface area contributed by atoms with Crippen molar-refractivity contribution in [2.45, 2.75) is 10.1 Å². The van der Waals surface area contributed by atoms with E-state index in [1.54, 1.807) is 6.07 Å². The molecule has 1 aromatic carbocycles. The Morgan fingerprint density at radius 3 is 2.39 bits per heavy atom. The minimum absolute atomic E-state index is 0.0191. The molecule has 0 radical (unpaired) electrons. The minimum Gasteiger partial charge on any atom is -0.398 e. The van der Waals surface area contributed by atoms with Crippen LogP contribution >= 0.6 is 0 Å². The fraction of sp³-hybridized carbons (Fsp3) is 0.125. The molecular weight excluding hydrogens is 410 g/mol. The number of nitrogens with one attached hydrogen (secondary N) is 1. The van der Waals surface area contributed by atoms with Crippen LogP contribution in [0.2, 0.25) is 0 Å². The van der Waals surface area contributed by atoms with Gasteiger partial charge < -0.3 is 10.7 Å². The number of carbonyl (C=O) groups is 1. The zero-order chi connectivity index (χ0) is 20.9. The maximum absolute atomic E-state index is 12.7. The fourth-order valence-corrected chi connectivity index (χ4v) is 4.69. The normalized spacial score (nSPS) is 18.6. The van der Waals surface area contributed by atoms with E-state index < -0.39 is 36.3 Å². The molecule has 10 nitrogen and oxygen atoms in total. The third-order valence-electron chi connectivity index (χ3n) is 4.29. The Kier molecular flexibility index (Phi) is 4.75. The number of rotatable bonds is 3. The first-order valence-electron chi connectivity index (χ1n) is 7.76. The van der Waals surface area contributed by atoms with Crippen LogP contribution in [0.5, 0.6) is 0 Å². The van der Waals surface area contributed by atoms with Crippen LogP contribution in [0, 0.1) is 0 Å². The number of hydrogen-bond donors (Lipinski definition) is 4. The van der Waals surface area contributed by atoms with Gasteiger partial charge in [-0.15, -0.1) is 0 Å². The highest BCUT2D eigenvalue weighted by Gasteiger charge is 2.38. The summed E-state index contributed by atoms with van der Waals surface area (Å²) in [5.41, 5.74) is 5.12. The van der Waals surface area contributed by atoms with E-state index in [-0.39, 0.29) is 28.2 Å². The molecule has 0 spiro atoms. The number of aromatic nitrogens is 1. The largest absolute Gasteiger partial charge is 0.435 e. The molecule has 12 heteroatoms. The second-order valence-electron chi connectivity index (χ2n) is 6.05. The summed E-state index contributed by atoms with van der Waals surface area (Å²) in [5.74, 6) is -0.551. The van der Waals surface area contributed by atoms with Gasteiger partial charge in [0.25, 0.3) is 20.2 Å². The van der Waals surface area contributed by atoms with E-state index in [0.717, 1.165) is 16.7 Å². The van der Waals surface area contributed by atoms with Crippen molar-refractivity contribution in [3.8, 4) is 0 Å². The lowest BCUT2D eigenvalue weighted by molar-refractivity contribution is -0.393. The Morgan fingerprint density at radius 1 is 1.18 bits per heavy atom. The lowest BCUT2D eigenvalue weighted by Gasteiger charge is -2.21. The average molecular weight is 426 g/mol. The van der Waals surface area contributed by atoms with Crippen LogP contribution in [0.3, 0.4) is 0 Å². The standard InChI is InChI=1S/C16H15N3O7S2/c1-19(16(20)11-3-2-8-18-11)12-6-7-13(27(21,22)23)9-4-5-10(17)15(14(9)12)28(24,25)26/h2-8,13H,17H2,1H3,(H2-,18,20,21,22,23,24,25,26)/p+1. The molecule has 3 rings (SSSR count).